The van der Waals surface area contributed by atoms with Gasteiger partial charge >= 0.3 is 0 Å². The van der Waals surface area contributed by atoms with E-state index in [-0.39, 0.29) is 32.4 Å². The predicted octanol–water partition coefficient (Wildman–Crippen LogP) is 5.27. The van der Waals surface area contributed by atoms with Gasteiger partial charge in [0.2, 0.25) is 0 Å². The number of benzene rings is 1. The zero-order chi connectivity index (χ0) is 24.1. The summed E-state index contributed by atoms with van der Waals surface area (Å²) in [7, 11) is -4.21. The molecule has 174 valence electrons. The fraction of sp³-hybridized carbons (Fsp3) is 0.318. The number of halogens is 1. The normalized spacial score (nSPS) is 13.7. The number of carbonyl (C=O) groups excluding carboxylic acids is 2. The third-order valence-electron chi connectivity index (χ3n) is 5.34. The molecule has 0 atom stereocenters. The first kappa shape index (κ1) is 23.5. The van der Waals surface area contributed by atoms with Crippen LogP contribution in [0.15, 0.2) is 26.9 Å². The van der Waals surface area contributed by atoms with Gasteiger partial charge in [0, 0.05) is 11.5 Å². The second-order valence-electron chi connectivity index (χ2n) is 8.19. The lowest BCUT2D eigenvalue weighted by Gasteiger charge is -2.15. The predicted molar refractivity (Wildman–Crippen MR) is 127 cm³/mol. The highest BCUT2D eigenvalue weighted by Crippen LogP contribution is 2.37. The number of amides is 1. The summed E-state index contributed by atoms with van der Waals surface area (Å²) in [5.74, 6) is -0.881. The first-order valence-electron chi connectivity index (χ1n) is 10.2. The Morgan fingerprint density at radius 1 is 1.15 bits per heavy atom. The van der Waals surface area contributed by atoms with Crippen LogP contribution in [0.4, 0.5) is 11.6 Å². The summed E-state index contributed by atoms with van der Waals surface area (Å²) in [6.07, 6.45) is 1.67. The smallest absolute Gasteiger partial charge is 0.267 e. The topological polar surface area (TPSA) is 118 Å². The van der Waals surface area contributed by atoms with Crippen molar-refractivity contribution in [1.29, 1.82) is 0 Å². The summed E-state index contributed by atoms with van der Waals surface area (Å²) in [5, 5.41) is 8.04. The first-order valence-corrected chi connectivity index (χ1v) is 12.9. The number of ketones is 1. The van der Waals surface area contributed by atoms with Crippen LogP contribution in [0.3, 0.4) is 0 Å². The van der Waals surface area contributed by atoms with Gasteiger partial charge in [0.15, 0.2) is 5.78 Å². The molecule has 1 aliphatic rings. The van der Waals surface area contributed by atoms with E-state index in [1.807, 2.05) is 13.0 Å². The van der Waals surface area contributed by atoms with Crippen molar-refractivity contribution in [2.75, 3.05) is 10.0 Å². The molecule has 1 saturated carbocycles. The maximum atomic E-state index is 13.2. The fourth-order valence-electron chi connectivity index (χ4n) is 3.58. The molecule has 2 N–H and O–H groups in total. The van der Waals surface area contributed by atoms with Gasteiger partial charge in [0.05, 0.1) is 5.69 Å². The second kappa shape index (κ2) is 8.58. The molecule has 1 aliphatic carbocycles. The number of carbonyl (C=O) groups is 2. The number of nitrogens with zero attached hydrogens (tertiary/aromatic N) is 1. The van der Waals surface area contributed by atoms with Gasteiger partial charge in [-0.15, -0.1) is 11.3 Å². The minimum Gasteiger partial charge on any atom is -0.336 e. The highest BCUT2D eigenvalue weighted by Gasteiger charge is 2.34. The van der Waals surface area contributed by atoms with Crippen molar-refractivity contribution < 1.29 is 22.5 Å². The number of rotatable bonds is 7. The van der Waals surface area contributed by atoms with Crippen LogP contribution in [-0.4, -0.2) is 25.3 Å². The van der Waals surface area contributed by atoms with Crippen molar-refractivity contribution in [3.05, 3.63) is 55.4 Å². The Hall–Kier alpha value is -2.69. The van der Waals surface area contributed by atoms with Crippen LogP contribution < -0.4 is 10.0 Å². The summed E-state index contributed by atoms with van der Waals surface area (Å²) in [4.78, 5) is 25.9. The Bertz CT molecular complexity index is 1390. The molecular weight excluding hydrogens is 486 g/mol. The third-order valence-corrected chi connectivity index (χ3v) is 8.53. The van der Waals surface area contributed by atoms with Crippen molar-refractivity contribution >= 4 is 56.2 Å². The summed E-state index contributed by atoms with van der Waals surface area (Å²) in [6.45, 7) is 6.86. The number of hydrogen-bond acceptors (Lipinski definition) is 7. The van der Waals surface area contributed by atoms with E-state index in [1.54, 1.807) is 32.2 Å². The Morgan fingerprint density at radius 2 is 1.85 bits per heavy atom. The number of anilines is 2. The lowest BCUT2D eigenvalue weighted by Crippen LogP contribution is -2.21. The van der Waals surface area contributed by atoms with Crippen LogP contribution in [0.5, 0.6) is 0 Å². The monoisotopic (exact) mass is 507 g/mol. The summed E-state index contributed by atoms with van der Waals surface area (Å²) in [6, 6.07) is 3.63. The lowest BCUT2D eigenvalue weighted by atomic mass is 9.98. The molecule has 0 saturated heterocycles. The van der Waals surface area contributed by atoms with Gasteiger partial charge in [0.25, 0.3) is 21.8 Å². The largest absolute Gasteiger partial charge is 0.336 e. The summed E-state index contributed by atoms with van der Waals surface area (Å²) >= 11 is 7.04. The molecule has 1 aromatic carbocycles. The van der Waals surface area contributed by atoms with E-state index < -0.39 is 15.9 Å². The van der Waals surface area contributed by atoms with Gasteiger partial charge in [-0.3, -0.25) is 9.59 Å². The number of Topliss-reactive ketones (excluding diaryl/α,β-unsaturated/α-hetero) is 1. The lowest BCUT2D eigenvalue weighted by molar-refractivity contribution is 0.0968. The molecule has 11 heteroatoms. The maximum absolute atomic E-state index is 13.2. The van der Waals surface area contributed by atoms with E-state index in [0.29, 0.717) is 22.5 Å². The molecule has 0 radical (unpaired) electrons. The number of hydrogen-bond donors (Lipinski definition) is 2. The van der Waals surface area contributed by atoms with Crippen molar-refractivity contribution in [2.24, 2.45) is 5.92 Å². The Labute approximate surface area is 200 Å². The van der Waals surface area contributed by atoms with Crippen LogP contribution in [0.25, 0.3) is 0 Å². The van der Waals surface area contributed by atoms with Gasteiger partial charge in [-0.2, -0.15) is 0 Å². The molecule has 8 nitrogen and oxygen atoms in total. The maximum Gasteiger partial charge on any atom is 0.267 e. The number of nitrogens with one attached hydrogen (secondary N) is 2. The molecule has 3 aromatic rings. The standard InChI is InChI=1S/C22H22ClN3O5S2/c1-10-7-11(2)17(15(8-10)18(27)14-5-6-14)24-21(28)19-20(12(3)9-32-19)33(29,30)26-22-16(23)13(4)25-31-22/h7-9,14,26H,5-6H2,1-4H3,(H,24,28). The summed E-state index contributed by atoms with van der Waals surface area (Å²) in [5.41, 5.74) is 3.21. The molecule has 0 bridgehead atoms. The van der Waals surface area contributed by atoms with Crippen LogP contribution in [0, 0.1) is 33.6 Å². The molecule has 0 spiro atoms. The van der Waals surface area contributed by atoms with Gasteiger partial charge in [-0.1, -0.05) is 22.8 Å². The average Bonchev–Trinajstić information content (AvgIpc) is 3.45. The first-order chi connectivity index (χ1) is 15.5. The molecular formula is C22H22ClN3O5S2. The molecule has 1 amide bonds. The minimum absolute atomic E-state index is 0.00990. The number of aryl methyl sites for hydroxylation is 4. The molecule has 1 fully saturated rings. The van der Waals surface area contributed by atoms with Gasteiger partial charge in [-0.25, -0.2) is 13.1 Å². The molecule has 33 heavy (non-hydrogen) atoms. The zero-order valence-electron chi connectivity index (χ0n) is 18.4. The summed E-state index contributed by atoms with van der Waals surface area (Å²) < 4.78 is 33.5. The number of thiophene rings is 1. The van der Waals surface area contributed by atoms with E-state index in [1.165, 1.54) is 0 Å². The highest BCUT2D eigenvalue weighted by molar-refractivity contribution is 7.93. The van der Waals surface area contributed by atoms with Crippen LogP contribution in [0.2, 0.25) is 5.02 Å². The quantitative estimate of drug-likeness (QED) is 0.420. The van der Waals surface area contributed by atoms with Crippen molar-refractivity contribution in [1.82, 2.24) is 5.16 Å². The third kappa shape index (κ3) is 4.55. The molecule has 0 unspecified atom stereocenters. The van der Waals surface area contributed by atoms with Crippen molar-refractivity contribution in [3.63, 3.8) is 0 Å². The van der Waals surface area contributed by atoms with Crippen LogP contribution in [-0.2, 0) is 10.0 Å². The molecule has 4 rings (SSSR count). The van der Waals surface area contributed by atoms with Crippen LogP contribution >= 0.6 is 22.9 Å². The molecule has 2 aromatic heterocycles. The van der Waals surface area contributed by atoms with Crippen LogP contribution in [0.1, 0.15) is 55.3 Å². The average molecular weight is 508 g/mol. The van der Waals surface area contributed by atoms with E-state index in [4.69, 9.17) is 16.1 Å². The highest BCUT2D eigenvalue weighted by atomic mass is 35.5. The van der Waals surface area contributed by atoms with Gasteiger partial charge in [-0.05, 0) is 68.7 Å². The Morgan fingerprint density at radius 3 is 2.45 bits per heavy atom. The number of sulfonamides is 1. The van der Waals surface area contributed by atoms with E-state index in [2.05, 4.69) is 15.2 Å². The number of aromatic nitrogens is 1. The second-order valence-corrected chi connectivity index (χ2v) is 11.1. The van der Waals surface area contributed by atoms with Crippen molar-refractivity contribution in [2.45, 2.75) is 45.4 Å². The minimum atomic E-state index is -4.21. The molecule has 2 heterocycles. The molecule has 0 aliphatic heterocycles. The Balaban J connectivity index is 1.69. The van der Waals surface area contributed by atoms with Crippen molar-refractivity contribution in [3.8, 4) is 0 Å². The van der Waals surface area contributed by atoms with E-state index >= 15 is 0 Å². The Kier molecular flexibility index (Phi) is 6.10. The van der Waals surface area contributed by atoms with E-state index in [9.17, 15) is 18.0 Å². The zero-order valence-corrected chi connectivity index (χ0v) is 20.8. The van der Waals surface area contributed by atoms with Gasteiger partial charge in [0.1, 0.15) is 20.5 Å². The van der Waals surface area contributed by atoms with E-state index in [0.717, 1.165) is 35.3 Å². The van der Waals surface area contributed by atoms with Gasteiger partial charge < -0.3 is 9.84 Å². The fourth-order valence-corrected chi connectivity index (χ4v) is 6.45. The SMILES string of the molecule is Cc1cc(C)c(NC(=O)c2scc(C)c2S(=O)(=O)Nc2onc(C)c2Cl)c(C(=O)C2CC2)c1.